The van der Waals surface area contributed by atoms with Crippen molar-refractivity contribution in [3.05, 3.63) is 51.6 Å². The minimum atomic E-state index is -0.393. The predicted octanol–water partition coefficient (Wildman–Crippen LogP) is 3.32. The van der Waals surface area contributed by atoms with Gasteiger partial charge in [-0.05, 0) is 24.6 Å². The Labute approximate surface area is 114 Å². The van der Waals surface area contributed by atoms with Gasteiger partial charge in [-0.1, -0.05) is 28.1 Å². The Kier molecular flexibility index (Phi) is 3.91. The van der Waals surface area contributed by atoms with Gasteiger partial charge in [0.05, 0.1) is 5.69 Å². The van der Waals surface area contributed by atoms with Crippen LogP contribution in [0.2, 0.25) is 0 Å². The molecular weight excluding hydrogens is 297 g/mol. The first-order valence-electron chi connectivity index (χ1n) is 5.55. The van der Waals surface area contributed by atoms with E-state index in [4.69, 9.17) is 0 Å². The van der Waals surface area contributed by atoms with Gasteiger partial charge < -0.3 is 5.32 Å². The first-order chi connectivity index (χ1) is 8.60. The fourth-order valence-corrected chi connectivity index (χ4v) is 2.14. The number of benzene rings is 1. The van der Waals surface area contributed by atoms with Crippen molar-refractivity contribution >= 4 is 21.7 Å². The number of hydrogen-bond acceptors (Lipinski definition) is 3. The SMILES string of the molecule is CNc1nc(Cc2cccc(Br)c2)nc(C)c1F. The zero-order valence-electron chi connectivity index (χ0n) is 10.2. The van der Waals surface area contributed by atoms with Crippen molar-refractivity contribution < 1.29 is 4.39 Å². The minimum absolute atomic E-state index is 0.243. The second kappa shape index (κ2) is 5.44. The predicted molar refractivity (Wildman–Crippen MR) is 73.2 cm³/mol. The number of hydrogen-bond donors (Lipinski definition) is 1. The molecule has 1 aromatic carbocycles. The average molecular weight is 310 g/mol. The quantitative estimate of drug-likeness (QED) is 0.945. The molecule has 0 amide bonds. The highest BCUT2D eigenvalue weighted by atomic mass is 79.9. The maximum Gasteiger partial charge on any atom is 0.186 e. The van der Waals surface area contributed by atoms with Gasteiger partial charge in [0.25, 0.3) is 0 Å². The fraction of sp³-hybridized carbons (Fsp3) is 0.231. The van der Waals surface area contributed by atoms with Gasteiger partial charge in [-0.25, -0.2) is 14.4 Å². The van der Waals surface area contributed by atoms with E-state index >= 15 is 0 Å². The summed E-state index contributed by atoms with van der Waals surface area (Å²) in [6, 6.07) is 7.90. The molecule has 0 aliphatic heterocycles. The Hall–Kier alpha value is -1.49. The maximum atomic E-state index is 13.6. The van der Waals surface area contributed by atoms with E-state index in [-0.39, 0.29) is 5.82 Å². The van der Waals surface area contributed by atoms with E-state index < -0.39 is 5.82 Å². The van der Waals surface area contributed by atoms with Crippen LogP contribution in [0.1, 0.15) is 17.1 Å². The summed E-state index contributed by atoms with van der Waals surface area (Å²) in [4.78, 5) is 8.33. The summed E-state index contributed by atoms with van der Waals surface area (Å²) in [5, 5.41) is 2.74. The largest absolute Gasteiger partial charge is 0.371 e. The second-order valence-corrected chi connectivity index (χ2v) is 4.86. The summed E-state index contributed by atoms with van der Waals surface area (Å²) < 4.78 is 14.6. The number of aryl methyl sites for hydroxylation is 1. The van der Waals surface area contributed by atoms with Crippen molar-refractivity contribution in [3.8, 4) is 0 Å². The summed E-state index contributed by atoms with van der Waals surface area (Å²) in [5.74, 6) is 0.458. The molecule has 2 aromatic rings. The van der Waals surface area contributed by atoms with E-state index in [2.05, 4.69) is 31.2 Å². The Morgan fingerprint density at radius 3 is 2.78 bits per heavy atom. The molecule has 0 radical (unpaired) electrons. The molecule has 2 rings (SSSR count). The van der Waals surface area contributed by atoms with Crippen molar-refractivity contribution in [1.29, 1.82) is 0 Å². The van der Waals surface area contributed by atoms with Crippen molar-refractivity contribution in [3.63, 3.8) is 0 Å². The molecule has 0 spiro atoms. The summed E-state index contributed by atoms with van der Waals surface area (Å²) >= 11 is 3.42. The van der Waals surface area contributed by atoms with Crippen LogP contribution in [-0.4, -0.2) is 17.0 Å². The molecule has 5 heteroatoms. The molecule has 1 heterocycles. The van der Waals surface area contributed by atoms with Crippen LogP contribution in [0.15, 0.2) is 28.7 Å². The standard InChI is InChI=1S/C13H13BrFN3/c1-8-12(15)13(16-2)18-11(17-8)7-9-4-3-5-10(14)6-9/h3-6H,7H2,1-2H3,(H,16,17,18). The molecule has 0 aliphatic carbocycles. The Bertz CT molecular complexity index is 572. The van der Waals surface area contributed by atoms with E-state index in [1.165, 1.54) is 0 Å². The minimum Gasteiger partial charge on any atom is -0.371 e. The third-order valence-electron chi connectivity index (χ3n) is 2.55. The van der Waals surface area contributed by atoms with Crippen LogP contribution in [0.25, 0.3) is 0 Å². The molecule has 0 fully saturated rings. The lowest BCUT2D eigenvalue weighted by Crippen LogP contribution is -2.06. The first-order valence-corrected chi connectivity index (χ1v) is 6.34. The first kappa shape index (κ1) is 13.0. The maximum absolute atomic E-state index is 13.6. The molecule has 0 atom stereocenters. The van der Waals surface area contributed by atoms with Crippen LogP contribution >= 0.6 is 15.9 Å². The molecule has 0 aliphatic rings. The molecule has 1 N–H and O–H groups in total. The smallest absolute Gasteiger partial charge is 0.186 e. The van der Waals surface area contributed by atoms with Gasteiger partial charge in [0, 0.05) is 17.9 Å². The van der Waals surface area contributed by atoms with Crippen LogP contribution < -0.4 is 5.32 Å². The van der Waals surface area contributed by atoms with Gasteiger partial charge in [-0.15, -0.1) is 0 Å². The van der Waals surface area contributed by atoms with Gasteiger partial charge in [-0.3, -0.25) is 0 Å². The number of nitrogens with one attached hydrogen (secondary N) is 1. The lowest BCUT2D eigenvalue weighted by molar-refractivity contribution is 0.602. The number of halogens is 2. The molecule has 0 saturated heterocycles. The highest BCUT2D eigenvalue weighted by Gasteiger charge is 2.10. The van der Waals surface area contributed by atoms with Crippen LogP contribution in [0, 0.1) is 12.7 Å². The summed E-state index contributed by atoms with van der Waals surface area (Å²) in [6.45, 7) is 1.64. The van der Waals surface area contributed by atoms with Gasteiger partial charge in [-0.2, -0.15) is 0 Å². The van der Waals surface area contributed by atoms with Gasteiger partial charge in [0.2, 0.25) is 0 Å². The van der Waals surface area contributed by atoms with Crippen molar-refractivity contribution in [1.82, 2.24) is 9.97 Å². The van der Waals surface area contributed by atoms with Crippen molar-refractivity contribution in [2.45, 2.75) is 13.3 Å². The molecule has 0 unspecified atom stereocenters. The molecule has 0 saturated carbocycles. The lowest BCUT2D eigenvalue weighted by atomic mass is 10.1. The van der Waals surface area contributed by atoms with Gasteiger partial charge in [0.15, 0.2) is 11.6 Å². The Morgan fingerprint density at radius 2 is 2.11 bits per heavy atom. The molecule has 3 nitrogen and oxygen atoms in total. The third kappa shape index (κ3) is 2.85. The van der Waals surface area contributed by atoms with Crippen LogP contribution in [-0.2, 0) is 6.42 Å². The van der Waals surface area contributed by atoms with Gasteiger partial charge in [0.1, 0.15) is 5.82 Å². The summed E-state index contributed by atoms with van der Waals surface area (Å²) in [6.07, 6.45) is 0.579. The lowest BCUT2D eigenvalue weighted by Gasteiger charge is -2.07. The summed E-state index contributed by atoms with van der Waals surface area (Å²) in [7, 11) is 1.65. The fourth-order valence-electron chi connectivity index (χ4n) is 1.69. The zero-order valence-corrected chi connectivity index (χ0v) is 11.8. The number of nitrogens with zero attached hydrogens (tertiary/aromatic N) is 2. The van der Waals surface area contributed by atoms with E-state index in [1.54, 1.807) is 14.0 Å². The highest BCUT2D eigenvalue weighted by molar-refractivity contribution is 9.10. The van der Waals surface area contributed by atoms with E-state index in [9.17, 15) is 4.39 Å². The molecule has 18 heavy (non-hydrogen) atoms. The van der Waals surface area contributed by atoms with Crippen molar-refractivity contribution in [2.75, 3.05) is 12.4 Å². The Morgan fingerprint density at radius 1 is 1.33 bits per heavy atom. The van der Waals surface area contributed by atoms with E-state index in [1.807, 2.05) is 24.3 Å². The van der Waals surface area contributed by atoms with Crippen LogP contribution in [0.5, 0.6) is 0 Å². The van der Waals surface area contributed by atoms with E-state index in [0.717, 1.165) is 10.0 Å². The second-order valence-electron chi connectivity index (χ2n) is 3.94. The van der Waals surface area contributed by atoms with E-state index in [0.29, 0.717) is 17.9 Å². The number of aromatic nitrogens is 2. The monoisotopic (exact) mass is 309 g/mol. The normalized spacial score (nSPS) is 10.4. The average Bonchev–Trinajstić information content (AvgIpc) is 2.33. The molecular formula is C13H13BrFN3. The van der Waals surface area contributed by atoms with Gasteiger partial charge >= 0.3 is 0 Å². The Balaban J connectivity index is 2.32. The number of rotatable bonds is 3. The van der Waals surface area contributed by atoms with Crippen LogP contribution in [0.3, 0.4) is 0 Å². The topological polar surface area (TPSA) is 37.8 Å². The molecule has 94 valence electrons. The van der Waals surface area contributed by atoms with Crippen LogP contribution in [0.4, 0.5) is 10.2 Å². The highest BCUT2D eigenvalue weighted by Crippen LogP contribution is 2.17. The number of anilines is 1. The third-order valence-corrected chi connectivity index (χ3v) is 3.04. The zero-order chi connectivity index (χ0) is 13.1. The molecule has 1 aromatic heterocycles. The van der Waals surface area contributed by atoms with Crippen molar-refractivity contribution in [2.24, 2.45) is 0 Å². The summed E-state index contributed by atoms with van der Waals surface area (Å²) in [5.41, 5.74) is 1.44. The molecule has 0 bridgehead atoms.